The van der Waals surface area contributed by atoms with Crippen molar-refractivity contribution in [2.24, 2.45) is 0 Å². The van der Waals surface area contributed by atoms with E-state index in [9.17, 15) is 0 Å². The Balaban J connectivity index is -0.000000640. The summed E-state index contributed by atoms with van der Waals surface area (Å²) < 4.78 is 0. The van der Waals surface area contributed by atoms with E-state index < -0.39 is 0 Å². The van der Waals surface area contributed by atoms with Crippen molar-refractivity contribution in [1.29, 1.82) is 0 Å². The van der Waals surface area contributed by atoms with Gasteiger partial charge in [0.05, 0.1) is 0 Å². The van der Waals surface area contributed by atoms with Crippen molar-refractivity contribution in [3.8, 4) is 0 Å². The van der Waals surface area contributed by atoms with Crippen LogP contribution in [0.3, 0.4) is 0 Å². The Morgan fingerprint density at radius 2 is 1.47 bits per heavy atom. The number of hydrogen-bond acceptors (Lipinski definition) is 0. The summed E-state index contributed by atoms with van der Waals surface area (Å²) in [5.41, 5.74) is 4.68. The molecular weight excluding hydrogens is 468 g/mol. The van der Waals surface area contributed by atoms with Crippen molar-refractivity contribution in [3.05, 3.63) is 41.0 Å². The van der Waals surface area contributed by atoms with E-state index in [1.165, 1.54) is 16.3 Å². The number of fused-ring (bicyclic) bond motifs is 1. The second-order valence-electron chi connectivity index (χ2n) is 4.08. The third-order valence-corrected chi connectivity index (χ3v) is 3.34. The summed E-state index contributed by atoms with van der Waals surface area (Å²) in [5.74, 6) is 0. The van der Waals surface area contributed by atoms with E-state index in [0.717, 1.165) is 19.3 Å². The van der Waals surface area contributed by atoms with Gasteiger partial charge in [0.2, 0.25) is 0 Å². The zero-order valence-electron chi connectivity index (χ0n) is 11.6. The number of benzene rings is 1. The minimum Gasteiger partial charge on any atom is -1.00 e. The van der Waals surface area contributed by atoms with Crippen molar-refractivity contribution in [1.82, 2.24) is 0 Å². The Morgan fingerprint density at radius 1 is 0.895 bits per heavy atom. The van der Waals surface area contributed by atoms with E-state index in [4.69, 9.17) is 0 Å². The third-order valence-electron chi connectivity index (χ3n) is 3.34. The van der Waals surface area contributed by atoms with Gasteiger partial charge in [0.15, 0.2) is 0 Å². The van der Waals surface area contributed by atoms with Crippen LogP contribution in [0.5, 0.6) is 0 Å². The molecule has 0 radical (unpaired) electrons. The molecule has 0 aliphatic rings. The molecule has 0 unspecified atom stereocenters. The number of hydrogen-bond donors (Lipinski definition) is 0. The number of rotatable bonds is 3. The maximum absolute atomic E-state index is 2.37. The second-order valence-corrected chi connectivity index (χ2v) is 4.08. The van der Waals surface area contributed by atoms with Gasteiger partial charge in [0.25, 0.3) is 0 Å². The minimum atomic E-state index is 0. The predicted molar refractivity (Wildman–Crippen MR) is 67.7 cm³/mol. The van der Waals surface area contributed by atoms with E-state index >= 15 is 0 Å². The van der Waals surface area contributed by atoms with Crippen molar-refractivity contribution in [3.63, 3.8) is 0 Å². The molecule has 0 spiro atoms. The van der Waals surface area contributed by atoms with Gasteiger partial charge in [-0.05, 0) is 19.3 Å². The van der Waals surface area contributed by atoms with Crippen LogP contribution in [-0.4, -0.2) is 0 Å². The van der Waals surface area contributed by atoms with Gasteiger partial charge in [0, 0.05) is 0 Å². The molecule has 2 aromatic rings. The molecular formula is C15H19Br3Ti. The summed E-state index contributed by atoms with van der Waals surface area (Å²) in [7, 11) is 0. The van der Waals surface area contributed by atoms with Gasteiger partial charge in [-0.15, -0.1) is 22.9 Å². The first-order valence-corrected chi connectivity index (χ1v) is 6.00. The fraction of sp³-hybridized carbons (Fsp3) is 0.400. The monoisotopic (exact) mass is 484 g/mol. The molecule has 0 aromatic heterocycles. The molecule has 0 heterocycles. The quantitative estimate of drug-likeness (QED) is 0.302. The molecule has 0 fully saturated rings. The standard InChI is InChI=1S/C15H19.3BrH.Ti/c1-4-11-10-12-8-7-9-15(12)14(6-3)13(11)5-2;;;;/h7-10H,4-6H2,1-3H3;3*1H;/q-1;;;;+4/p-3. The second kappa shape index (κ2) is 11.6. The maximum atomic E-state index is 2.37. The SMILES string of the molecule is CCc1cc2[cH-]ccc2c(CC)c1CC.[Br-].[Br-].[Br-].[Ti+4]. The summed E-state index contributed by atoms with van der Waals surface area (Å²) >= 11 is 0. The van der Waals surface area contributed by atoms with Gasteiger partial charge in [0.1, 0.15) is 0 Å². The molecule has 0 aliphatic carbocycles. The fourth-order valence-electron chi connectivity index (χ4n) is 2.63. The van der Waals surface area contributed by atoms with Crippen molar-refractivity contribution in [2.75, 3.05) is 0 Å². The van der Waals surface area contributed by atoms with Crippen LogP contribution in [0.4, 0.5) is 0 Å². The molecule has 0 bridgehead atoms. The molecule has 0 saturated heterocycles. The summed E-state index contributed by atoms with van der Waals surface area (Å²) in [6.45, 7) is 6.78. The summed E-state index contributed by atoms with van der Waals surface area (Å²) in [6, 6.07) is 9.02. The van der Waals surface area contributed by atoms with Gasteiger partial charge >= 0.3 is 21.7 Å². The first-order valence-electron chi connectivity index (χ1n) is 6.00. The molecule has 0 aliphatic heterocycles. The molecule has 4 heteroatoms. The van der Waals surface area contributed by atoms with Crippen LogP contribution in [-0.2, 0) is 41.0 Å². The van der Waals surface area contributed by atoms with E-state index in [0.29, 0.717) is 0 Å². The Kier molecular flexibility index (Phi) is 15.3. The smallest absolute Gasteiger partial charge is 1.00 e. The first kappa shape index (κ1) is 25.0. The first-order chi connectivity index (χ1) is 7.31. The largest absolute Gasteiger partial charge is 4.00 e. The van der Waals surface area contributed by atoms with E-state index in [-0.39, 0.29) is 72.7 Å². The van der Waals surface area contributed by atoms with E-state index in [2.05, 4.69) is 45.0 Å². The third kappa shape index (κ3) is 5.03. The van der Waals surface area contributed by atoms with Crippen LogP contribution in [0, 0.1) is 0 Å². The van der Waals surface area contributed by atoms with Crippen LogP contribution in [0.15, 0.2) is 24.3 Å². The Morgan fingerprint density at radius 3 is 1.95 bits per heavy atom. The zero-order chi connectivity index (χ0) is 10.8. The minimum absolute atomic E-state index is 0. The molecule has 2 rings (SSSR count). The molecule has 0 saturated carbocycles. The van der Waals surface area contributed by atoms with Gasteiger partial charge in [-0.25, -0.2) is 0 Å². The molecule has 19 heavy (non-hydrogen) atoms. The molecule has 104 valence electrons. The Labute approximate surface area is 163 Å². The average Bonchev–Trinajstić information content (AvgIpc) is 2.73. The number of aryl methyl sites for hydroxylation is 2. The van der Waals surface area contributed by atoms with E-state index in [1.54, 1.807) is 11.1 Å². The molecule has 0 N–H and O–H groups in total. The van der Waals surface area contributed by atoms with Crippen LogP contribution < -0.4 is 50.9 Å². The summed E-state index contributed by atoms with van der Waals surface area (Å²) in [5, 5.41) is 2.88. The fourth-order valence-corrected chi connectivity index (χ4v) is 2.63. The molecule has 0 nitrogen and oxygen atoms in total. The average molecular weight is 487 g/mol. The van der Waals surface area contributed by atoms with Crippen LogP contribution in [0.1, 0.15) is 37.5 Å². The summed E-state index contributed by atoms with van der Waals surface area (Å²) in [6.07, 6.45) is 3.46. The van der Waals surface area contributed by atoms with Crippen LogP contribution in [0.25, 0.3) is 10.8 Å². The number of halogens is 3. The van der Waals surface area contributed by atoms with Crippen molar-refractivity contribution >= 4 is 10.8 Å². The normalized spacial score (nSPS) is 8.79. The zero-order valence-corrected chi connectivity index (χ0v) is 17.9. The Bertz CT molecular complexity index is 477. The van der Waals surface area contributed by atoms with Gasteiger partial charge in [-0.2, -0.15) is 12.1 Å². The Hall–Kier alpha value is 0.984. The molecule has 0 atom stereocenters. The predicted octanol–water partition coefficient (Wildman–Crippen LogP) is -4.74. The van der Waals surface area contributed by atoms with Gasteiger partial charge in [-0.3, -0.25) is 0 Å². The van der Waals surface area contributed by atoms with Gasteiger partial charge in [-0.1, -0.05) is 37.5 Å². The van der Waals surface area contributed by atoms with Gasteiger partial charge < -0.3 is 50.9 Å². The topological polar surface area (TPSA) is 0 Å². The van der Waals surface area contributed by atoms with Crippen molar-refractivity contribution < 1.29 is 72.7 Å². The molecule has 0 amide bonds. The summed E-state index contributed by atoms with van der Waals surface area (Å²) in [4.78, 5) is 0. The van der Waals surface area contributed by atoms with Crippen LogP contribution in [0.2, 0.25) is 0 Å². The van der Waals surface area contributed by atoms with E-state index in [1.807, 2.05) is 0 Å². The molecule has 2 aromatic carbocycles. The van der Waals surface area contributed by atoms with Crippen LogP contribution >= 0.6 is 0 Å². The maximum Gasteiger partial charge on any atom is 4.00 e. The van der Waals surface area contributed by atoms with Crippen molar-refractivity contribution in [2.45, 2.75) is 40.0 Å².